The largest absolute Gasteiger partial charge is 0.496 e. The summed E-state index contributed by atoms with van der Waals surface area (Å²) in [5.41, 5.74) is 8.45. The van der Waals surface area contributed by atoms with Crippen LogP contribution < -0.4 is 10.5 Å². The predicted octanol–water partition coefficient (Wildman–Crippen LogP) is 3.23. The topological polar surface area (TPSA) is 35.2 Å². The summed E-state index contributed by atoms with van der Waals surface area (Å²) in [6.45, 7) is 6.43. The molecule has 0 heterocycles. The molecule has 0 aliphatic heterocycles. The summed E-state index contributed by atoms with van der Waals surface area (Å²) >= 11 is 0. The van der Waals surface area contributed by atoms with Crippen LogP contribution in [0.3, 0.4) is 0 Å². The number of methoxy groups -OCH3 is 1. The second kappa shape index (κ2) is 5.17. The van der Waals surface area contributed by atoms with Crippen molar-refractivity contribution in [2.75, 3.05) is 7.11 Å². The molecule has 1 aromatic carbocycles. The van der Waals surface area contributed by atoms with Crippen LogP contribution >= 0.6 is 0 Å². The van der Waals surface area contributed by atoms with Gasteiger partial charge >= 0.3 is 0 Å². The molecule has 2 heteroatoms. The summed E-state index contributed by atoms with van der Waals surface area (Å²) in [4.78, 5) is 0. The van der Waals surface area contributed by atoms with E-state index in [2.05, 4.69) is 32.9 Å². The first-order valence-corrected chi connectivity index (χ1v) is 5.53. The van der Waals surface area contributed by atoms with Gasteiger partial charge in [0.15, 0.2) is 0 Å². The summed E-state index contributed by atoms with van der Waals surface area (Å²) < 4.78 is 5.33. The molecule has 0 bridgehead atoms. The van der Waals surface area contributed by atoms with Gasteiger partial charge in [-0.2, -0.15) is 0 Å². The Morgan fingerprint density at radius 1 is 1.33 bits per heavy atom. The van der Waals surface area contributed by atoms with E-state index in [9.17, 15) is 0 Å². The third kappa shape index (κ3) is 2.72. The lowest BCUT2D eigenvalue weighted by atomic mass is 9.96. The summed E-state index contributed by atoms with van der Waals surface area (Å²) in [6, 6.07) is 6.37. The Labute approximate surface area is 92.4 Å². The average molecular weight is 207 g/mol. The molecule has 0 fully saturated rings. The van der Waals surface area contributed by atoms with E-state index in [4.69, 9.17) is 10.5 Å². The summed E-state index contributed by atoms with van der Waals surface area (Å²) in [6.07, 6.45) is 0.962. The highest BCUT2D eigenvalue weighted by Gasteiger charge is 2.10. The summed E-state index contributed by atoms with van der Waals surface area (Å²) in [5, 5.41) is 0. The summed E-state index contributed by atoms with van der Waals surface area (Å²) in [7, 11) is 1.71. The van der Waals surface area contributed by atoms with Crippen molar-refractivity contribution in [1.82, 2.24) is 0 Å². The number of benzene rings is 1. The predicted molar refractivity (Wildman–Crippen MR) is 64.3 cm³/mol. The van der Waals surface area contributed by atoms with Crippen molar-refractivity contribution in [2.24, 2.45) is 5.73 Å². The molecule has 2 nitrogen and oxygen atoms in total. The van der Waals surface area contributed by atoms with E-state index >= 15 is 0 Å². The molecule has 1 rings (SSSR count). The standard InChI is InChI=1S/C13H21NO/c1-5-12(14)10-6-7-13(15-4)11(8-10)9(2)3/h6-9,12H,5,14H2,1-4H3. The molecule has 0 saturated carbocycles. The first kappa shape index (κ1) is 12.1. The minimum atomic E-state index is 0.133. The van der Waals surface area contributed by atoms with Crippen molar-refractivity contribution in [3.8, 4) is 5.75 Å². The Bertz CT molecular complexity index is 320. The van der Waals surface area contributed by atoms with Gasteiger partial charge in [-0.15, -0.1) is 0 Å². The van der Waals surface area contributed by atoms with Crippen LogP contribution in [0.4, 0.5) is 0 Å². The molecule has 0 amide bonds. The van der Waals surface area contributed by atoms with Crippen molar-refractivity contribution >= 4 is 0 Å². The van der Waals surface area contributed by atoms with Gasteiger partial charge in [0.25, 0.3) is 0 Å². The first-order chi connectivity index (χ1) is 7.10. The molecule has 0 aromatic heterocycles. The molecule has 0 aliphatic carbocycles. The maximum atomic E-state index is 6.01. The maximum Gasteiger partial charge on any atom is 0.122 e. The van der Waals surface area contributed by atoms with E-state index < -0.39 is 0 Å². The van der Waals surface area contributed by atoms with Crippen molar-refractivity contribution in [2.45, 2.75) is 39.2 Å². The quantitative estimate of drug-likeness (QED) is 0.822. The second-order valence-electron chi connectivity index (χ2n) is 4.17. The molecule has 0 aliphatic rings. The molecule has 1 unspecified atom stereocenters. The zero-order valence-electron chi connectivity index (χ0n) is 10.1. The number of rotatable bonds is 4. The van der Waals surface area contributed by atoms with Crippen molar-refractivity contribution < 1.29 is 4.74 Å². The molecule has 0 saturated heterocycles. The number of hydrogen-bond donors (Lipinski definition) is 1. The van der Waals surface area contributed by atoms with Gasteiger partial charge in [-0.1, -0.05) is 32.9 Å². The number of ether oxygens (including phenoxy) is 1. The highest BCUT2D eigenvalue weighted by molar-refractivity contribution is 5.40. The van der Waals surface area contributed by atoms with Gasteiger partial charge in [-0.25, -0.2) is 0 Å². The Hall–Kier alpha value is -1.02. The van der Waals surface area contributed by atoms with Crippen molar-refractivity contribution in [1.29, 1.82) is 0 Å². The van der Waals surface area contributed by atoms with E-state index in [1.165, 1.54) is 11.1 Å². The minimum absolute atomic E-state index is 0.133. The Balaban J connectivity index is 3.10. The zero-order chi connectivity index (χ0) is 11.4. The highest BCUT2D eigenvalue weighted by Crippen LogP contribution is 2.29. The number of hydrogen-bond acceptors (Lipinski definition) is 2. The van der Waals surface area contributed by atoms with Gasteiger partial charge in [0, 0.05) is 6.04 Å². The van der Waals surface area contributed by atoms with Crippen molar-refractivity contribution in [3.05, 3.63) is 29.3 Å². The Morgan fingerprint density at radius 2 is 2.00 bits per heavy atom. The van der Waals surface area contributed by atoms with Gasteiger partial charge in [0.2, 0.25) is 0 Å². The van der Waals surface area contributed by atoms with Crippen LogP contribution in [0.2, 0.25) is 0 Å². The molecule has 84 valence electrons. The first-order valence-electron chi connectivity index (χ1n) is 5.53. The summed E-state index contributed by atoms with van der Waals surface area (Å²) in [5.74, 6) is 1.42. The van der Waals surface area contributed by atoms with Gasteiger partial charge in [-0.05, 0) is 29.5 Å². The number of nitrogens with two attached hydrogens (primary N) is 1. The minimum Gasteiger partial charge on any atom is -0.496 e. The monoisotopic (exact) mass is 207 g/mol. The Morgan fingerprint density at radius 3 is 2.47 bits per heavy atom. The van der Waals surface area contributed by atoms with Crippen molar-refractivity contribution in [3.63, 3.8) is 0 Å². The van der Waals surface area contributed by atoms with Crippen LogP contribution in [-0.4, -0.2) is 7.11 Å². The van der Waals surface area contributed by atoms with E-state index in [1.807, 2.05) is 6.07 Å². The molecule has 1 aromatic rings. The second-order valence-corrected chi connectivity index (χ2v) is 4.17. The van der Waals surface area contributed by atoms with E-state index in [-0.39, 0.29) is 6.04 Å². The third-order valence-corrected chi connectivity index (χ3v) is 2.74. The van der Waals surface area contributed by atoms with Crippen LogP contribution in [0.5, 0.6) is 5.75 Å². The smallest absolute Gasteiger partial charge is 0.122 e. The molecule has 0 spiro atoms. The van der Waals surface area contributed by atoms with Crippen LogP contribution in [-0.2, 0) is 0 Å². The highest BCUT2D eigenvalue weighted by atomic mass is 16.5. The maximum absolute atomic E-state index is 6.01. The van der Waals surface area contributed by atoms with Crippen LogP contribution in [0, 0.1) is 0 Å². The van der Waals surface area contributed by atoms with Gasteiger partial charge in [0.05, 0.1) is 7.11 Å². The SMILES string of the molecule is CCC(N)c1ccc(OC)c(C(C)C)c1. The lowest BCUT2D eigenvalue weighted by Gasteiger charge is -2.16. The third-order valence-electron chi connectivity index (χ3n) is 2.74. The fourth-order valence-electron chi connectivity index (χ4n) is 1.67. The lowest BCUT2D eigenvalue weighted by molar-refractivity contribution is 0.407. The van der Waals surface area contributed by atoms with E-state index in [0.29, 0.717) is 5.92 Å². The van der Waals surface area contributed by atoms with Gasteiger partial charge < -0.3 is 10.5 Å². The van der Waals surface area contributed by atoms with Gasteiger partial charge in [0.1, 0.15) is 5.75 Å². The van der Waals surface area contributed by atoms with Crippen LogP contribution in [0.25, 0.3) is 0 Å². The Kier molecular flexibility index (Phi) is 4.15. The zero-order valence-corrected chi connectivity index (χ0v) is 10.1. The molecular formula is C13H21NO. The van der Waals surface area contributed by atoms with Crippen LogP contribution in [0.15, 0.2) is 18.2 Å². The van der Waals surface area contributed by atoms with E-state index in [1.54, 1.807) is 7.11 Å². The van der Waals surface area contributed by atoms with Crippen LogP contribution in [0.1, 0.15) is 50.3 Å². The van der Waals surface area contributed by atoms with Gasteiger partial charge in [-0.3, -0.25) is 0 Å². The van der Waals surface area contributed by atoms with E-state index in [0.717, 1.165) is 12.2 Å². The molecule has 0 radical (unpaired) electrons. The molecule has 1 atom stereocenters. The lowest BCUT2D eigenvalue weighted by Crippen LogP contribution is -2.09. The molecule has 15 heavy (non-hydrogen) atoms. The normalized spacial score (nSPS) is 12.9. The fraction of sp³-hybridized carbons (Fsp3) is 0.538. The molecule has 2 N–H and O–H groups in total. The molecular weight excluding hydrogens is 186 g/mol. The average Bonchev–Trinajstić information content (AvgIpc) is 2.27. The fourth-order valence-corrected chi connectivity index (χ4v) is 1.67.